The molecule has 35 heavy (non-hydrogen) atoms. The first-order chi connectivity index (χ1) is 17.2. The molecular formula is C27H31N5O3. The van der Waals surface area contributed by atoms with Crippen LogP contribution in [-0.4, -0.2) is 45.5 Å². The fraction of sp³-hybridized carbons (Fsp3) is 0.481. The molecule has 2 aromatic heterocycles. The van der Waals surface area contributed by atoms with Crippen LogP contribution in [0.5, 0.6) is 5.75 Å². The summed E-state index contributed by atoms with van der Waals surface area (Å²) in [6, 6.07) is 8.20. The average molecular weight is 474 g/mol. The van der Waals surface area contributed by atoms with E-state index in [-0.39, 0.29) is 29.8 Å². The zero-order valence-corrected chi connectivity index (χ0v) is 19.8. The third kappa shape index (κ3) is 4.88. The van der Waals surface area contributed by atoms with Gasteiger partial charge < -0.3 is 20.4 Å². The highest BCUT2D eigenvalue weighted by Gasteiger charge is 2.32. The fourth-order valence-electron chi connectivity index (χ4n) is 4.91. The lowest BCUT2D eigenvalue weighted by Gasteiger charge is -2.29. The van der Waals surface area contributed by atoms with Gasteiger partial charge in [-0.1, -0.05) is 12.1 Å². The number of ether oxygens (including phenoxy) is 1. The summed E-state index contributed by atoms with van der Waals surface area (Å²) < 4.78 is 6.09. The number of para-hydroxylation sites is 1. The zero-order chi connectivity index (χ0) is 23.8. The molecule has 1 aromatic carbocycles. The highest BCUT2D eigenvalue weighted by Crippen LogP contribution is 2.35. The molecule has 0 aliphatic heterocycles. The molecule has 3 aromatic rings. The van der Waals surface area contributed by atoms with Crippen molar-refractivity contribution in [2.24, 2.45) is 11.8 Å². The van der Waals surface area contributed by atoms with Crippen LogP contribution < -0.4 is 15.4 Å². The molecule has 8 nitrogen and oxygen atoms in total. The van der Waals surface area contributed by atoms with Gasteiger partial charge in [-0.2, -0.15) is 0 Å². The lowest BCUT2D eigenvalue weighted by atomic mass is 9.91. The molecule has 0 radical (unpaired) electrons. The van der Waals surface area contributed by atoms with Crippen molar-refractivity contribution < 1.29 is 14.3 Å². The molecule has 3 aliphatic rings. The van der Waals surface area contributed by atoms with Crippen molar-refractivity contribution in [3.8, 4) is 17.0 Å². The molecule has 8 heteroatoms. The summed E-state index contributed by atoms with van der Waals surface area (Å²) in [5, 5.41) is 6.34. The van der Waals surface area contributed by atoms with Gasteiger partial charge in [0.25, 0.3) is 5.91 Å². The molecule has 2 heterocycles. The zero-order valence-electron chi connectivity index (χ0n) is 19.8. The molecule has 3 aliphatic carbocycles. The number of aromatic amines is 1. The quantitative estimate of drug-likeness (QED) is 0.459. The van der Waals surface area contributed by atoms with E-state index in [0.29, 0.717) is 17.0 Å². The number of hydrogen-bond donors (Lipinski definition) is 3. The molecule has 3 fully saturated rings. The number of amides is 2. The minimum atomic E-state index is -0.135. The molecule has 3 N–H and O–H groups in total. The van der Waals surface area contributed by atoms with Crippen LogP contribution in [0.25, 0.3) is 22.3 Å². The van der Waals surface area contributed by atoms with E-state index in [0.717, 1.165) is 67.7 Å². The maximum atomic E-state index is 13.2. The minimum Gasteiger partial charge on any atom is -0.493 e. The monoisotopic (exact) mass is 473 g/mol. The Hall–Kier alpha value is -3.42. The maximum Gasteiger partial charge on any atom is 0.255 e. The first-order valence-electron chi connectivity index (χ1n) is 12.8. The van der Waals surface area contributed by atoms with E-state index < -0.39 is 0 Å². The van der Waals surface area contributed by atoms with Gasteiger partial charge in [0, 0.05) is 29.8 Å². The van der Waals surface area contributed by atoms with Crippen molar-refractivity contribution in [1.82, 2.24) is 25.6 Å². The molecule has 0 bridgehead atoms. The smallest absolute Gasteiger partial charge is 0.255 e. The summed E-state index contributed by atoms with van der Waals surface area (Å²) in [4.78, 5) is 37.4. The maximum absolute atomic E-state index is 13.2. The van der Waals surface area contributed by atoms with Gasteiger partial charge in [0.05, 0.1) is 17.7 Å². The van der Waals surface area contributed by atoms with E-state index in [2.05, 4.69) is 25.6 Å². The second-order valence-electron chi connectivity index (χ2n) is 10.2. The van der Waals surface area contributed by atoms with E-state index in [1.54, 1.807) is 6.20 Å². The summed E-state index contributed by atoms with van der Waals surface area (Å²) in [5.41, 5.74) is 3.47. The lowest BCUT2D eigenvalue weighted by Crippen LogP contribution is -2.44. The number of aromatic nitrogens is 3. The Morgan fingerprint density at radius 3 is 2.43 bits per heavy atom. The first-order valence-corrected chi connectivity index (χ1v) is 12.8. The van der Waals surface area contributed by atoms with Gasteiger partial charge in [0.2, 0.25) is 5.91 Å². The SMILES string of the molecule is O=C(NC1CCC(NC(=O)C2CC2)CC1)c1c[nH]c2c(-c3ccccc3OCC3CC3)ncnc12. The van der Waals surface area contributed by atoms with E-state index >= 15 is 0 Å². The fourth-order valence-corrected chi connectivity index (χ4v) is 4.91. The van der Waals surface area contributed by atoms with Crippen LogP contribution in [0, 0.1) is 11.8 Å². The van der Waals surface area contributed by atoms with Gasteiger partial charge >= 0.3 is 0 Å². The Labute approximate surface area is 204 Å². The van der Waals surface area contributed by atoms with Gasteiger partial charge in [-0.3, -0.25) is 9.59 Å². The molecule has 0 spiro atoms. The number of fused-ring (bicyclic) bond motifs is 1. The summed E-state index contributed by atoms with van der Waals surface area (Å²) in [6.07, 6.45) is 11.2. The number of nitrogens with zero attached hydrogens (tertiary/aromatic N) is 2. The average Bonchev–Trinajstić information content (AvgIpc) is 3.81. The van der Waals surface area contributed by atoms with Crippen molar-refractivity contribution >= 4 is 22.8 Å². The van der Waals surface area contributed by atoms with Gasteiger partial charge in [-0.15, -0.1) is 0 Å². The van der Waals surface area contributed by atoms with Crippen molar-refractivity contribution in [2.75, 3.05) is 6.61 Å². The summed E-state index contributed by atoms with van der Waals surface area (Å²) in [7, 11) is 0. The third-order valence-corrected chi connectivity index (χ3v) is 7.38. The van der Waals surface area contributed by atoms with Crippen LogP contribution in [0.2, 0.25) is 0 Å². The van der Waals surface area contributed by atoms with Crippen LogP contribution in [-0.2, 0) is 4.79 Å². The highest BCUT2D eigenvalue weighted by molar-refractivity contribution is 6.07. The number of nitrogens with one attached hydrogen (secondary N) is 3. The minimum absolute atomic E-state index is 0.0967. The van der Waals surface area contributed by atoms with Crippen molar-refractivity contribution in [3.05, 3.63) is 42.4 Å². The summed E-state index contributed by atoms with van der Waals surface area (Å²) >= 11 is 0. The largest absolute Gasteiger partial charge is 0.493 e. The number of hydrogen-bond acceptors (Lipinski definition) is 5. The van der Waals surface area contributed by atoms with Crippen molar-refractivity contribution in [3.63, 3.8) is 0 Å². The Kier molecular flexibility index (Phi) is 5.88. The Morgan fingerprint density at radius 2 is 1.69 bits per heavy atom. The van der Waals surface area contributed by atoms with E-state index in [4.69, 9.17) is 4.74 Å². The predicted molar refractivity (Wildman–Crippen MR) is 132 cm³/mol. The number of carbonyl (C=O) groups is 2. The van der Waals surface area contributed by atoms with Gasteiger partial charge in [0.1, 0.15) is 23.3 Å². The van der Waals surface area contributed by atoms with Crippen LogP contribution >= 0.6 is 0 Å². The second kappa shape index (κ2) is 9.32. The van der Waals surface area contributed by atoms with E-state index in [9.17, 15) is 9.59 Å². The van der Waals surface area contributed by atoms with Crippen LogP contribution in [0.3, 0.4) is 0 Å². The van der Waals surface area contributed by atoms with Crippen LogP contribution in [0.15, 0.2) is 36.8 Å². The van der Waals surface area contributed by atoms with Crippen molar-refractivity contribution in [1.29, 1.82) is 0 Å². The topological polar surface area (TPSA) is 109 Å². The van der Waals surface area contributed by atoms with Gasteiger partial charge in [0.15, 0.2) is 0 Å². The molecule has 0 atom stereocenters. The Balaban J connectivity index is 1.15. The predicted octanol–water partition coefficient (Wildman–Crippen LogP) is 3.98. The lowest BCUT2D eigenvalue weighted by molar-refractivity contribution is -0.123. The second-order valence-corrected chi connectivity index (χ2v) is 10.2. The number of carbonyl (C=O) groups excluding carboxylic acids is 2. The van der Waals surface area contributed by atoms with Crippen LogP contribution in [0.1, 0.15) is 61.7 Å². The third-order valence-electron chi connectivity index (χ3n) is 7.38. The molecule has 6 rings (SSSR count). The Bertz CT molecular complexity index is 1240. The molecule has 182 valence electrons. The Morgan fingerprint density at radius 1 is 0.943 bits per heavy atom. The van der Waals surface area contributed by atoms with Crippen LogP contribution in [0.4, 0.5) is 0 Å². The van der Waals surface area contributed by atoms with Gasteiger partial charge in [-0.05, 0) is 69.4 Å². The number of H-pyrrole nitrogens is 1. The number of benzene rings is 1. The number of rotatable bonds is 8. The molecule has 2 amide bonds. The first kappa shape index (κ1) is 22.1. The molecule has 0 unspecified atom stereocenters. The van der Waals surface area contributed by atoms with Crippen molar-refractivity contribution in [2.45, 2.75) is 63.5 Å². The molecule has 0 saturated heterocycles. The highest BCUT2D eigenvalue weighted by atomic mass is 16.5. The summed E-state index contributed by atoms with van der Waals surface area (Å²) in [6.45, 7) is 0.718. The van der Waals surface area contributed by atoms with E-state index in [1.807, 2.05) is 24.3 Å². The van der Waals surface area contributed by atoms with Gasteiger partial charge in [-0.25, -0.2) is 9.97 Å². The molecular weight excluding hydrogens is 442 g/mol. The van der Waals surface area contributed by atoms with E-state index in [1.165, 1.54) is 19.2 Å². The summed E-state index contributed by atoms with van der Waals surface area (Å²) in [5.74, 6) is 1.75. The molecule has 3 saturated carbocycles. The standard InChI is InChI=1S/C27H31N5O3/c33-26(17-7-8-17)31-18-9-11-19(12-10-18)32-27(34)21-13-28-25-23(29-15-30-24(21)25)20-3-1-2-4-22(20)35-14-16-5-6-16/h1-4,13,15-19,28H,5-12,14H2,(H,31,33)(H,32,34). The normalized spacial score (nSPS) is 22.1.